The predicted octanol–water partition coefficient (Wildman–Crippen LogP) is 4.46. The number of carbonyl (C=O) groups is 1. The minimum Gasteiger partial charge on any atom is -0.427 e. The molecular weight excluding hydrogens is 298 g/mol. The van der Waals surface area contributed by atoms with Crippen molar-refractivity contribution >= 4 is 29.1 Å². The third-order valence-corrected chi connectivity index (χ3v) is 3.45. The Labute approximate surface area is 132 Å². The van der Waals surface area contributed by atoms with Gasteiger partial charge in [0.1, 0.15) is 5.75 Å². The third-order valence-electron chi connectivity index (χ3n) is 3.15. The van der Waals surface area contributed by atoms with Gasteiger partial charge in [0.2, 0.25) is 10.6 Å². The molecule has 0 bridgehead atoms. The number of rotatable bonds is 2. The molecule has 0 atom stereocenters. The van der Waals surface area contributed by atoms with Gasteiger partial charge < -0.3 is 9.15 Å². The van der Waals surface area contributed by atoms with Crippen molar-refractivity contribution in [2.75, 3.05) is 0 Å². The van der Waals surface area contributed by atoms with E-state index in [2.05, 4.69) is 4.98 Å². The molecule has 0 fully saturated rings. The standard InChI is InChI=1S/C17H13NO3S/c1-10-3-8-15-14(9-10)17(22)21-16(18-15)12-4-6-13(7-5-12)20-11(2)19/h3-9H,1-2H3. The Morgan fingerprint density at radius 2 is 1.91 bits per heavy atom. The lowest BCUT2D eigenvalue weighted by atomic mass is 10.1. The second-order valence-electron chi connectivity index (χ2n) is 4.95. The van der Waals surface area contributed by atoms with E-state index in [4.69, 9.17) is 21.4 Å². The van der Waals surface area contributed by atoms with Crippen molar-refractivity contribution in [1.82, 2.24) is 4.98 Å². The summed E-state index contributed by atoms with van der Waals surface area (Å²) in [6, 6.07) is 12.8. The molecule has 0 aliphatic carbocycles. The summed E-state index contributed by atoms with van der Waals surface area (Å²) in [5, 5.41) is 0.829. The smallest absolute Gasteiger partial charge is 0.308 e. The van der Waals surface area contributed by atoms with Crippen molar-refractivity contribution in [3.63, 3.8) is 0 Å². The van der Waals surface area contributed by atoms with E-state index >= 15 is 0 Å². The van der Waals surface area contributed by atoms with Gasteiger partial charge in [-0.1, -0.05) is 11.6 Å². The minimum atomic E-state index is -0.357. The van der Waals surface area contributed by atoms with Gasteiger partial charge in [0.05, 0.1) is 10.9 Å². The monoisotopic (exact) mass is 311 g/mol. The normalized spacial score (nSPS) is 10.6. The molecule has 0 saturated carbocycles. The Balaban J connectivity index is 2.05. The summed E-state index contributed by atoms with van der Waals surface area (Å²) in [4.78, 5) is 15.4. The molecule has 0 aliphatic rings. The summed E-state index contributed by atoms with van der Waals surface area (Å²) in [5.41, 5.74) is 2.67. The molecular formula is C17H13NO3S. The second-order valence-corrected chi connectivity index (χ2v) is 5.32. The number of fused-ring (bicyclic) bond motifs is 1. The summed E-state index contributed by atoms with van der Waals surface area (Å²) < 4.78 is 11.1. The highest BCUT2D eigenvalue weighted by Crippen LogP contribution is 2.25. The predicted molar refractivity (Wildman–Crippen MR) is 86.3 cm³/mol. The van der Waals surface area contributed by atoms with Crippen LogP contribution in [-0.4, -0.2) is 11.0 Å². The average molecular weight is 311 g/mol. The van der Waals surface area contributed by atoms with E-state index in [0.29, 0.717) is 16.3 Å². The molecule has 0 spiro atoms. The first-order valence-electron chi connectivity index (χ1n) is 6.73. The van der Waals surface area contributed by atoms with Gasteiger partial charge in [-0.2, -0.15) is 0 Å². The van der Waals surface area contributed by atoms with Crippen molar-refractivity contribution in [2.24, 2.45) is 0 Å². The molecule has 22 heavy (non-hydrogen) atoms. The summed E-state index contributed by atoms with van der Waals surface area (Å²) in [6.45, 7) is 3.36. The topological polar surface area (TPSA) is 52.3 Å². The lowest BCUT2D eigenvalue weighted by Gasteiger charge is -2.05. The molecule has 110 valence electrons. The van der Waals surface area contributed by atoms with Gasteiger partial charge in [0.15, 0.2) is 0 Å². The number of nitrogens with zero attached hydrogens (tertiary/aromatic N) is 1. The first kappa shape index (κ1) is 14.4. The van der Waals surface area contributed by atoms with Crippen molar-refractivity contribution < 1.29 is 13.9 Å². The van der Waals surface area contributed by atoms with Crippen LogP contribution in [0.5, 0.6) is 5.75 Å². The SMILES string of the molecule is CC(=O)Oc1ccc(-c2nc3ccc(C)cc3c(=S)o2)cc1. The van der Waals surface area contributed by atoms with E-state index in [-0.39, 0.29) is 5.97 Å². The van der Waals surface area contributed by atoms with E-state index in [1.54, 1.807) is 24.3 Å². The fraction of sp³-hybridized carbons (Fsp3) is 0.118. The Kier molecular flexibility index (Phi) is 3.73. The highest BCUT2D eigenvalue weighted by atomic mass is 32.1. The Morgan fingerprint density at radius 1 is 1.18 bits per heavy atom. The molecule has 1 aromatic heterocycles. The van der Waals surface area contributed by atoms with Crippen molar-refractivity contribution in [3.8, 4) is 17.2 Å². The van der Waals surface area contributed by atoms with Gasteiger partial charge in [-0.15, -0.1) is 0 Å². The van der Waals surface area contributed by atoms with Crippen LogP contribution in [0.25, 0.3) is 22.4 Å². The third kappa shape index (κ3) is 2.89. The summed E-state index contributed by atoms with van der Waals surface area (Å²) >= 11 is 5.31. The van der Waals surface area contributed by atoms with Crippen LogP contribution < -0.4 is 4.74 Å². The van der Waals surface area contributed by atoms with Crippen LogP contribution in [0, 0.1) is 11.6 Å². The van der Waals surface area contributed by atoms with Crippen LogP contribution in [-0.2, 0) is 4.79 Å². The number of aryl methyl sites for hydroxylation is 1. The molecule has 0 radical (unpaired) electrons. The average Bonchev–Trinajstić information content (AvgIpc) is 2.48. The maximum absolute atomic E-state index is 10.9. The number of benzene rings is 2. The van der Waals surface area contributed by atoms with Gasteiger partial charge in [0, 0.05) is 12.5 Å². The molecule has 5 heteroatoms. The summed E-state index contributed by atoms with van der Waals surface area (Å²) in [6.07, 6.45) is 0. The molecule has 3 rings (SSSR count). The Hall–Kier alpha value is -2.53. The highest BCUT2D eigenvalue weighted by Gasteiger charge is 2.07. The van der Waals surface area contributed by atoms with Gasteiger partial charge in [-0.3, -0.25) is 4.79 Å². The summed E-state index contributed by atoms with van der Waals surface area (Å²) in [7, 11) is 0. The van der Waals surface area contributed by atoms with Gasteiger partial charge in [-0.25, -0.2) is 4.98 Å². The van der Waals surface area contributed by atoms with E-state index in [1.165, 1.54) is 6.92 Å². The molecule has 2 aromatic carbocycles. The zero-order valence-corrected chi connectivity index (χ0v) is 12.9. The van der Waals surface area contributed by atoms with Gasteiger partial charge in [-0.05, 0) is 55.5 Å². The van der Waals surface area contributed by atoms with Crippen molar-refractivity contribution in [2.45, 2.75) is 13.8 Å². The number of ether oxygens (including phenoxy) is 1. The Morgan fingerprint density at radius 3 is 2.59 bits per heavy atom. The molecule has 0 N–H and O–H groups in total. The molecule has 3 aromatic rings. The largest absolute Gasteiger partial charge is 0.427 e. The van der Waals surface area contributed by atoms with E-state index in [0.717, 1.165) is 22.0 Å². The van der Waals surface area contributed by atoms with Crippen molar-refractivity contribution in [3.05, 3.63) is 52.7 Å². The lowest BCUT2D eigenvalue weighted by molar-refractivity contribution is -0.131. The molecule has 4 nitrogen and oxygen atoms in total. The van der Waals surface area contributed by atoms with Crippen molar-refractivity contribution in [1.29, 1.82) is 0 Å². The minimum absolute atomic E-state index is 0.357. The Bertz CT molecular complexity index is 913. The molecule has 0 amide bonds. The fourth-order valence-corrected chi connectivity index (χ4v) is 2.38. The maximum atomic E-state index is 10.9. The lowest BCUT2D eigenvalue weighted by Crippen LogP contribution is -2.00. The van der Waals surface area contributed by atoms with Crippen LogP contribution in [0.1, 0.15) is 12.5 Å². The summed E-state index contributed by atoms with van der Waals surface area (Å²) in [5.74, 6) is 0.562. The second kappa shape index (κ2) is 5.69. The first-order chi connectivity index (χ1) is 10.5. The van der Waals surface area contributed by atoms with Crippen LogP contribution in [0.3, 0.4) is 0 Å². The molecule has 0 aliphatic heterocycles. The highest BCUT2D eigenvalue weighted by molar-refractivity contribution is 7.71. The molecule has 0 unspecified atom stereocenters. The van der Waals surface area contributed by atoms with E-state index in [9.17, 15) is 4.79 Å². The molecule has 0 saturated heterocycles. The van der Waals surface area contributed by atoms with Crippen LogP contribution in [0.15, 0.2) is 46.9 Å². The van der Waals surface area contributed by atoms with Crippen LogP contribution in [0.4, 0.5) is 0 Å². The zero-order valence-electron chi connectivity index (χ0n) is 12.1. The number of hydrogen-bond acceptors (Lipinski definition) is 5. The van der Waals surface area contributed by atoms with Crippen LogP contribution in [0.2, 0.25) is 0 Å². The molecule has 1 heterocycles. The van der Waals surface area contributed by atoms with Gasteiger partial charge in [0.25, 0.3) is 0 Å². The van der Waals surface area contributed by atoms with Gasteiger partial charge >= 0.3 is 5.97 Å². The number of aromatic nitrogens is 1. The van der Waals surface area contributed by atoms with Crippen LogP contribution >= 0.6 is 12.2 Å². The number of carbonyl (C=O) groups excluding carboxylic acids is 1. The quantitative estimate of drug-likeness (QED) is 0.397. The van der Waals surface area contributed by atoms with E-state index in [1.807, 2.05) is 25.1 Å². The van der Waals surface area contributed by atoms with E-state index < -0.39 is 0 Å². The number of esters is 1. The maximum Gasteiger partial charge on any atom is 0.308 e. The first-order valence-corrected chi connectivity index (χ1v) is 7.14. The fourth-order valence-electron chi connectivity index (χ4n) is 2.14. The number of hydrogen-bond donors (Lipinski definition) is 0. The zero-order chi connectivity index (χ0) is 15.7.